The van der Waals surface area contributed by atoms with Gasteiger partial charge >= 0.3 is 5.97 Å². The van der Waals surface area contributed by atoms with Crippen molar-refractivity contribution in [2.75, 3.05) is 13.7 Å². The second kappa shape index (κ2) is 7.68. The van der Waals surface area contributed by atoms with Gasteiger partial charge in [0.15, 0.2) is 0 Å². The highest BCUT2D eigenvalue weighted by atomic mass is 35.5. The van der Waals surface area contributed by atoms with Crippen molar-refractivity contribution in [3.05, 3.63) is 59.7 Å². The Morgan fingerprint density at radius 2 is 1.50 bits per heavy atom. The zero-order chi connectivity index (χ0) is 13.7. The van der Waals surface area contributed by atoms with E-state index in [0.717, 1.165) is 17.5 Å². The fourth-order valence-corrected chi connectivity index (χ4v) is 1.95. The Bertz CT molecular complexity index is 550. The van der Waals surface area contributed by atoms with Crippen LogP contribution in [0.25, 0.3) is 11.1 Å². The van der Waals surface area contributed by atoms with Gasteiger partial charge in [-0.15, -0.1) is 12.4 Å². The van der Waals surface area contributed by atoms with Crippen LogP contribution < -0.4 is 5.73 Å². The van der Waals surface area contributed by atoms with Crippen molar-refractivity contribution in [2.24, 2.45) is 5.73 Å². The second-order valence-corrected chi connectivity index (χ2v) is 4.30. The molecule has 2 aromatic rings. The van der Waals surface area contributed by atoms with Crippen LogP contribution in [0.5, 0.6) is 0 Å². The molecule has 0 atom stereocenters. The largest absolute Gasteiger partial charge is 0.465 e. The van der Waals surface area contributed by atoms with Crippen molar-refractivity contribution in [1.29, 1.82) is 0 Å². The molecule has 0 saturated heterocycles. The molecule has 0 radical (unpaired) electrons. The van der Waals surface area contributed by atoms with Crippen LogP contribution in [0.15, 0.2) is 48.5 Å². The molecule has 0 unspecified atom stereocenters. The molecule has 2 N–H and O–H groups in total. The van der Waals surface area contributed by atoms with E-state index in [2.05, 4.69) is 29.0 Å². The number of hydrogen-bond acceptors (Lipinski definition) is 3. The fraction of sp³-hybridized carbons (Fsp3) is 0.188. The molecule has 2 rings (SSSR count). The zero-order valence-electron chi connectivity index (χ0n) is 11.3. The van der Waals surface area contributed by atoms with E-state index in [-0.39, 0.29) is 18.4 Å². The fourth-order valence-electron chi connectivity index (χ4n) is 1.95. The first kappa shape index (κ1) is 16.2. The van der Waals surface area contributed by atoms with Gasteiger partial charge < -0.3 is 10.5 Å². The maximum absolute atomic E-state index is 11.3. The van der Waals surface area contributed by atoms with E-state index in [4.69, 9.17) is 5.73 Å². The van der Waals surface area contributed by atoms with Crippen molar-refractivity contribution < 1.29 is 9.53 Å². The van der Waals surface area contributed by atoms with Gasteiger partial charge in [0.05, 0.1) is 12.7 Å². The van der Waals surface area contributed by atoms with Crippen molar-refractivity contribution in [1.82, 2.24) is 0 Å². The molecule has 0 spiro atoms. The molecule has 0 amide bonds. The van der Waals surface area contributed by atoms with Gasteiger partial charge in [0, 0.05) is 0 Å². The number of ether oxygens (including phenoxy) is 1. The number of halogens is 1. The van der Waals surface area contributed by atoms with Crippen LogP contribution in [0.4, 0.5) is 0 Å². The first-order valence-electron chi connectivity index (χ1n) is 6.22. The number of benzene rings is 2. The summed E-state index contributed by atoms with van der Waals surface area (Å²) in [6.45, 7) is 0.660. The standard InChI is InChI=1S/C16H17NO2.ClH/c1-19-16(18)15-8-6-14(7-9-15)13-4-2-12(3-5-13)10-11-17;/h2-9H,10-11,17H2,1H3;1H. The van der Waals surface area contributed by atoms with E-state index < -0.39 is 0 Å². The lowest BCUT2D eigenvalue weighted by atomic mass is 10.0. The molecule has 0 fully saturated rings. The Morgan fingerprint density at radius 3 is 1.95 bits per heavy atom. The molecule has 2 aromatic carbocycles. The molecule has 0 aliphatic rings. The molecule has 0 heterocycles. The minimum Gasteiger partial charge on any atom is -0.465 e. The van der Waals surface area contributed by atoms with Crippen LogP contribution in [0.2, 0.25) is 0 Å². The number of rotatable bonds is 4. The molecule has 0 bridgehead atoms. The molecule has 4 heteroatoms. The Kier molecular flexibility index (Phi) is 6.22. The van der Waals surface area contributed by atoms with E-state index in [1.165, 1.54) is 12.7 Å². The summed E-state index contributed by atoms with van der Waals surface area (Å²) in [5, 5.41) is 0. The van der Waals surface area contributed by atoms with E-state index >= 15 is 0 Å². The first-order valence-corrected chi connectivity index (χ1v) is 6.22. The number of carbonyl (C=O) groups is 1. The van der Waals surface area contributed by atoms with Gasteiger partial charge in [-0.3, -0.25) is 0 Å². The van der Waals surface area contributed by atoms with Crippen LogP contribution in [-0.4, -0.2) is 19.6 Å². The Hall–Kier alpha value is -1.84. The Morgan fingerprint density at radius 1 is 1.00 bits per heavy atom. The maximum Gasteiger partial charge on any atom is 0.337 e. The third-order valence-electron chi connectivity index (χ3n) is 3.03. The summed E-state index contributed by atoms with van der Waals surface area (Å²) in [6, 6.07) is 15.7. The van der Waals surface area contributed by atoms with E-state index in [0.29, 0.717) is 12.1 Å². The van der Waals surface area contributed by atoms with Gasteiger partial charge in [0.25, 0.3) is 0 Å². The first-order chi connectivity index (χ1) is 9.24. The van der Waals surface area contributed by atoms with E-state index in [1.807, 2.05) is 12.1 Å². The minimum atomic E-state index is -0.315. The number of carbonyl (C=O) groups excluding carboxylic acids is 1. The average molecular weight is 292 g/mol. The van der Waals surface area contributed by atoms with Crippen LogP contribution >= 0.6 is 12.4 Å². The molecular formula is C16H18ClNO2. The third kappa shape index (κ3) is 3.83. The lowest BCUT2D eigenvalue weighted by Gasteiger charge is -2.05. The monoisotopic (exact) mass is 291 g/mol. The second-order valence-electron chi connectivity index (χ2n) is 4.30. The normalized spacial score (nSPS) is 9.70. The summed E-state index contributed by atoms with van der Waals surface area (Å²) in [7, 11) is 1.38. The minimum absolute atomic E-state index is 0. The summed E-state index contributed by atoms with van der Waals surface area (Å²) < 4.78 is 4.67. The van der Waals surface area contributed by atoms with Crippen molar-refractivity contribution in [3.8, 4) is 11.1 Å². The number of esters is 1. The highest BCUT2D eigenvalue weighted by Crippen LogP contribution is 2.20. The highest BCUT2D eigenvalue weighted by Gasteiger charge is 2.05. The smallest absolute Gasteiger partial charge is 0.337 e. The Balaban J connectivity index is 0.00000200. The molecule has 20 heavy (non-hydrogen) atoms. The lowest BCUT2D eigenvalue weighted by molar-refractivity contribution is 0.0601. The summed E-state index contributed by atoms with van der Waals surface area (Å²) in [4.78, 5) is 11.3. The summed E-state index contributed by atoms with van der Waals surface area (Å²) in [5.74, 6) is -0.315. The molecule has 0 saturated carbocycles. The van der Waals surface area contributed by atoms with E-state index in [1.54, 1.807) is 12.1 Å². The van der Waals surface area contributed by atoms with Crippen molar-refractivity contribution in [3.63, 3.8) is 0 Å². The summed E-state index contributed by atoms with van der Waals surface area (Å²) >= 11 is 0. The molecule has 0 aliphatic heterocycles. The number of hydrogen-bond donors (Lipinski definition) is 1. The predicted octanol–water partition coefficient (Wildman–Crippen LogP) is 3.06. The Labute approximate surface area is 125 Å². The molecule has 0 aromatic heterocycles. The average Bonchev–Trinajstić information content (AvgIpc) is 2.48. The van der Waals surface area contributed by atoms with Crippen LogP contribution in [-0.2, 0) is 11.2 Å². The van der Waals surface area contributed by atoms with Gasteiger partial charge in [-0.1, -0.05) is 36.4 Å². The zero-order valence-corrected chi connectivity index (χ0v) is 12.2. The van der Waals surface area contributed by atoms with Gasteiger partial charge in [0.2, 0.25) is 0 Å². The van der Waals surface area contributed by atoms with Gasteiger partial charge in [-0.2, -0.15) is 0 Å². The summed E-state index contributed by atoms with van der Waals surface area (Å²) in [5.41, 5.74) is 9.52. The third-order valence-corrected chi connectivity index (χ3v) is 3.03. The van der Waals surface area contributed by atoms with Gasteiger partial charge in [-0.25, -0.2) is 4.79 Å². The van der Waals surface area contributed by atoms with E-state index in [9.17, 15) is 4.79 Å². The molecule has 3 nitrogen and oxygen atoms in total. The molecule has 0 aliphatic carbocycles. The van der Waals surface area contributed by atoms with Gasteiger partial charge in [0.1, 0.15) is 0 Å². The van der Waals surface area contributed by atoms with Crippen molar-refractivity contribution >= 4 is 18.4 Å². The number of methoxy groups -OCH3 is 1. The summed E-state index contributed by atoms with van der Waals surface area (Å²) in [6.07, 6.45) is 0.890. The molecule has 106 valence electrons. The quantitative estimate of drug-likeness (QED) is 0.881. The van der Waals surface area contributed by atoms with Gasteiger partial charge in [-0.05, 0) is 41.8 Å². The lowest BCUT2D eigenvalue weighted by Crippen LogP contribution is -2.02. The van der Waals surface area contributed by atoms with Crippen LogP contribution in [0.1, 0.15) is 15.9 Å². The van der Waals surface area contributed by atoms with Crippen LogP contribution in [0.3, 0.4) is 0 Å². The van der Waals surface area contributed by atoms with Crippen LogP contribution in [0, 0.1) is 0 Å². The SMILES string of the molecule is COC(=O)c1ccc(-c2ccc(CCN)cc2)cc1.Cl. The topological polar surface area (TPSA) is 52.3 Å². The molecular weight excluding hydrogens is 274 g/mol. The van der Waals surface area contributed by atoms with Crippen molar-refractivity contribution in [2.45, 2.75) is 6.42 Å². The predicted molar refractivity (Wildman–Crippen MR) is 83.2 cm³/mol. The number of nitrogens with two attached hydrogens (primary N) is 1. The maximum atomic E-state index is 11.3. The highest BCUT2D eigenvalue weighted by molar-refractivity contribution is 5.89.